The lowest BCUT2D eigenvalue weighted by Crippen LogP contribution is -2.36. The van der Waals surface area contributed by atoms with Crippen molar-refractivity contribution in [3.63, 3.8) is 0 Å². The quantitative estimate of drug-likeness (QED) is 0.866. The summed E-state index contributed by atoms with van der Waals surface area (Å²) in [5.41, 5.74) is 3.61. The third-order valence-corrected chi connectivity index (χ3v) is 3.12. The Balaban J connectivity index is 2.92. The van der Waals surface area contributed by atoms with E-state index in [2.05, 4.69) is 56.5 Å². The summed E-state index contributed by atoms with van der Waals surface area (Å²) in [6, 6.07) is 6.34. The van der Waals surface area contributed by atoms with Gasteiger partial charge in [0.2, 0.25) is 5.91 Å². The highest BCUT2D eigenvalue weighted by Gasteiger charge is 2.13. The topological polar surface area (TPSA) is 44.4 Å². The first-order chi connectivity index (χ1) is 9.23. The number of aryl methyl sites for hydroxylation is 1. The SMILES string of the molecule is CNC(=O)CN(C)c1ccc(C)cc1CNC(C)(C)C. The largest absolute Gasteiger partial charge is 0.365 e. The van der Waals surface area contributed by atoms with Crippen LogP contribution >= 0.6 is 0 Å². The van der Waals surface area contributed by atoms with E-state index in [0.717, 1.165) is 12.2 Å². The van der Waals surface area contributed by atoms with Crippen molar-refractivity contribution in [3.8, 4) is 0 Å². The van der Waals surface area contributed by atoms with E-state index in [0.29, 0.717) is 6.54 Å². The summed E-state index contributed by atoms with van der Waals surface area (Å²) in [5.74, 6) is 0.0165. The molecule has 0 unspecified atom stereocenters. The second-order valence-electron chi connectivity index (χ2n) is 6.26. The fourth-order valence-corrected chi connectivity index (χ4v) is 1.97. The first kappa shape index (κ1) is 16.5. The van der Waals surface area contributed by atoms with Crippen LogP contribution in [-0.4, -0.2) is 32.1 Å². The van der Waals surface area contributed by atoms with Crippen molar-refractivity contribution in [2.24, 2.45) is 0 Å². The number of hydrogen-bond acceptors (Lipinski definition) is 3. The predicted octanol–water partition coefficient (Wildman–Crippen LogP) is 2.07. The maximum absolute atomic E-state index is 11.5. The molecule has 0 radical (unpaired) electrons. The molecule has 1 rings (SSSR count). The van der Waals surface area contributed by atoms with Gasteiger partial charge in [0.15, 0.2) is 0 Å². The highest BCUT2D eigenvalue weighted by atomic mass is 16.1. The number of anilines is 1. The molecule has 0 heterocycles. The van der Waals surface area contributed by atoms with Gasteiger partial charge in [-0.25, -0.2) is 0 Å². The molecule has 1 amide bonds. The molecule has 4 heteroatoms. The number of amides is 1. The molecule has 0 aliphatic rings. The predicted molar refractivity (Wildman–Crippen MR) is 85.1 cm³/mol. The van der Waals surface area contributed by atoms with Crippen molar-refractivity contribution < 1.29 is 4.79 Å². The number of carbonyl (C=O) groups excluding carboxylic acids is 1. The molecular formula is C16H27N3O. The summed E-state index contributed by atoms with van der Waals surface area (Å²) in [6.07, 6.45) is 0. The molecule has 2 N–H and O–H groups in total. The van der Waals surface area contributed by atoms with Crippen LogP contribution in [0.25, 0.3) is 0 Å². The van der Waals surface area contributed by atoms with Gasteiger partial charge in [-0.15, -0.1) is 0 Å². The number of carbonyl (C=O) groups is 1. The Labute approximate surface area is 122 Å². The molecular weight excluding hydrogens is 250 g/mol. The summed E-state index contributed by atoms with van der Waals surface area (Å²) in [6.45, 7) is 9.69. The van der Waals surface area contributed by atoms with E-state index >= 15 is 0 Å². The Bertz CT molecular complexity index is 463. The Morgan fingerprint density at radius 1 is 1.30 bits per heavy atom. The van der Waals surface area contributed by atoms with Gasteiger partial charge >= 0.3 is 0 Å². The van der Waals surface area contributed by atoms with E-state index in [4.69, 9.17) is 0 Å². The number of benzene rings is 1. The Morgan fingerprint density at radius 2 is 1.95 bits per heavy atom. The lowest BCUT2D eigenvalue weighted by molar-refractivity contribution is -0.119. The molecule has 1 aromatic carbocycles. The highest BCUT2D eigenvalue weighted by molar-refractivity contribution is 5.81. The third-order valence-electron chi connectivity index (χ3n) is 3.12. The summed E-state index contributed by atoms with van der Waals surface area (Å²) >= 11 is 0. The number of nitrogens with zero attached hydrogens (tertiary/aromatic N) is 1. The van der Waals surface area contributed by atoms with E-state index in [1.54, 1.807) is 7.05 Å². The standard InChI is InChI=1S/C16H27N3O/c1-12-7-8-14(19(6)11-15(20)17-5)13(9-12)10-18-16(2,3)4/h7-9,18H,10-11H2,1-6H3,(H,17,20). The molecule has 20 heavy (non-hydrogen) atoms. The minimum atomic E-state index is 0.0165. The molecule has 112 valence electrons. The Kier molecular flexibility index (Phi) is 5.57. The van der Waals surface area contributed by atoms with Gasteiger partial charge in [-0.1, -0.05) is 17.7 Å². The van der Waals surface area contributed by atoms with Crippen molar-refractivity contribution in [2.45, 2.75) is 39.8 Å². The van der Waals surface area contributed by atoms with Crippen LogP contribution in [0.5, 0.6) is 0 Å². The minimum Gasteiger partial charge on any atom is -0.365 e. The second-order valence-corrected chi connectivity index (χ2v) is 6.26. The Hall–Kier alpha value is -1.55. The minimum absolute atomic E-state index is 0.0165. The molecule has 0 aliphatic heterocycles. The van der Waals surface area contributed by atoms with Gasteiger partial charge in [0.1, 0.15) is 0 Å². The average molecular weight is 277 g/mol. The summed E-state index contributed by atoms with van der Waals surface area (Å²) in [7, 11) is 3.61. The monoisotopic (exact) mass is 277 g/mol. The molecule has 0 aliphatic carbocycles. The number of rotatable bonds is 5. The third kappa shape index (κ3) is 5.21. The first-order valence-corrected chi connectivity index (χ1v) is 6.99. The van der Waals surface area contributed by atoms with Gasteiger partial charge in [0.05, 0.1) is 6.54 Å². The normalized spacial score (nSPS) is 11.3. The van der Waals surface area contributed by atoms with E-state index < -0.39 is 0 Å². The molecule has 0 fully saturated rings. The van der Waals surface area contributed by atoms with Crippen LogP contribution < -0.4 is 15.5 Å². The van der Waals surface area contributed by atoms with Gasteiger partial charge < -0.3 is 15.5 Å². The Morgan fingerprint density at radius 3 is 2.50 bits per heavy atom. The van der Waals surface area contributed by atoms with Crippen molar-refractivity contribution >= 4 is 11.6 Å². The lowest BCUT2D eigenvalue weighted by Gasteiger charge is -2.25. The highest BCUT2D eigenvalue weighted by Crippen LogP contribution is 2.21. The maximum Gasteiger partial charge on any atom is 0.239 e. The molecule has 4 nitrogen and oxygen atoms in total. The fourth-order valence-electron chi connectivity index (χ4n) is 1.97. The first-order valence-electron chi connectivity index (χ1n) is 6.99. The van der Waals surface area contributed by atoms with Crippen molar-refractivity contribution in [3.05, 3.63) is 29.3 Å². The number of likely N-dealkylation sites (N-methyl/N-ethyl adjacent to an activating group) is 2. The number of nitrogens with one attached hydrogen (secondary N) is 2. The molecule has 0 atom stereocenters. The van der Waals surface area contributed by atoms with Crippen LogP contribution in [0.1, 0.15) is 31.9 Å². The molecule has 0 spiro atoms. The number of hydrogen-bond donors (Lipinski definition) is 2. The molecule has 1 aromatic rings. The van der Waals surface area contributed by atoms with Gasteiger partial charge in [0.25, 0.3) is 0 Å². The van der Waals surface area contributed by atoms with Crippen LogP contribution in [0.3, 0.4) is 0 Å². The van der Waals surface area contributed by atoms with Crippen LogP contribution in [0, 0.1) is 6.92 Å². The van der Waals surface area contributed by atoms with Gasteiger partial charge in [-0.3, -0.25) is 4.79 Å². The molecule has 0 aromatic heterocycles. The van der Waals surface area contributed by atoms with Gasteiger partial charge in [-0.2, -0.15) is 0 Å². The van der Waals surface area contributed by atoms with Gasteiger partial charge in [-0.05, 0) is 39.3 Å². The molecule has 0 saturated carbocycles. The molecule has 0 bridgehead atoms. The van der Waals surface area contributed by atoms with E-state index in [9.17, 15) is 4.79 Å². The van der Waals surface area contributed by atoms with Crippen LogP contribution in [0.4, 0.5) is 5.69 Å². The van der Waals surface area contributed by atoms with E-state index in [1.165, 1.54) is 11.1 Å². The van der Waals surface area contributed by atoms with Crippen molar-refractivity contribution in [1.29, 1.82) is 0 Å². The van der Waals surface area contributed by atoms with Crippen molar-refractivity contribution in [2.75, 3.05) is 25.5 Å². The average Bonchev–Trinajstić information content (AvgIpc) is 2.35. The van der Waals surface area contributed by atoms with Crippen LogP contribution in [0.15, 0.2) is 18.2 Å². The van der Waals surface area contributed by atoms with E-state index in [-0.39, 0.29) is 11.4 Å². The van der Waals surface area contributed by atoms with Crippen molar-refractivity contribution in [1.82, 2.24) is 10.6 Å². The summed E-state index contributed by atoms with van der Waals surface area (Å²) in [4.78, 5) is 13.5. The van der Waals surface area contributed by atoms with E-state index in [1.807, 2.05) is 11.9 Å². The molecule has 0 saturated heterocycles. The maximum atomic E-state index is 11.5. The lowest BCUT2D eigenvalue weighted by atomic mass is 10.1. The fraction of sp³-hybridized carbons (Fsp3) is 0.562. The van der Waals surface area contributed by atoms with Crippen LogP contribution in [-0.2, 0) is 11.3 Å². The van der Waals surface area contributed by atoms with Gasteiger partial charge in [0, 0.05) is 31.9 Å². The second kappa shape index (κ2) is 6.75. The zero-order valence-corrected chi connectivity index (χ0v) is 13.5. The summed E-state index contributed by atoms with van der Waals surface area (Å²) < 4.78 is 0. The summed E-state index contributed by atoms with van der Waals surface area (Å²) in [5, 5.41) is 6.16. The van der Waals surface area contributed by atoms with Crippen LogP contribution in [0.2, 0.25) is 0 Å². The zero-order valence-electron chi connectivity index (χ0n) is 13.5. The zero-order chi connectivity index (χ0) is 15.3. The smallest absolute Gasteiger partial charge is 0.239 e.